The zero-order valence-corrected chi connectivity index (χ0v) is 10.3. The van der Waals surface area contributed by atoms with Crippen molar-refractivity contribution in [2.45, 2.75) is 20.3 Å². The fourth-order valence-electron chi connectivity index (χ4n) is 1.77. The smallest absolute Gasteiger partial charge is 0.175 e. The topological polar surface area (TPSA) is 39.4 Å². The van der Waals surface area contributed by atoms with Crippen LogP contribution in [-0.4, -0.2) is 12.9 Å². The molecule has 0 spiro atoms. The van der Waals surface area contributed by atoms with Gasteiger partial charge in [-0.3, -0.25) is 4.79 Å². The van der Waals surface area contributed by atoms with Crippen LogP contribution in [0.5, 0.6) is 5.75 Å². The summed E-state index contributed by atoms with van der Waals surface area (Å²) >= 11 is 0. The van der Waals surface area contributed by atoms with E-state index in [2.05, 4.69) is 0 Å². The van der Waals surface area contributed by atoms with Gasteiger partial charge in [0.25, 0.3) is 0 Å². The minimum Gasteiger partial charge on any atom is -0.493 e. The lowest BCUT2D eigenvalue weighted by molar-refractivity contribution is -0.121. The molecule has 0 amide bonds. The lowest BCUT2D eigenvalue weighted by Gasteiger charge is -2.02. The number of furan rings is 1. The lowest BCUT2D eigenvalue weighted by atomic mass is 10.0. The Labute approximate surface area is 100 Å². The summed E-state index contributed by atoms with van der Waals surface area (Å²) in [7, 11) is 1.61. The van der Waals surface area contributed by atoms with Gasteiger partial charge in [-0.05, 0) is 6.07 Å². The summed E-state index contributed by atoms with van der Waals surface area (Å²) < 4.78 is 10.7. The van der Waals surface area contributed by atoms with Crippen molar-refractivity contribution in [2.24, 2.45) is 5.92 Å². The van der Waals surface area contributed by atoms with Crippen LogP contribution < -0.4 is 4.74 Å². The van der Waals surface area contributed by atoms with E-state index < -0.39 is 0 Å². The number of ether oxygens (including phenoxy) is 1. The molecular formula is C14H16O3. The van der Waals surface area contributed by atoms with E-state index in [4.69, 9.17) is 9.15 Å². The summed E-state index contributed by atoms with van der Waals surface area (Å²) in [6.45, 7) is 3.82. The summed E-state index contributed by atoms with van der Waals surface area (Å²) in [5.74, 6) is 0.965. The Balaban J connectivity index is 2.40. The van der Waals surface area contributed by atoms with Crippen LogP contribution in [0.2, 0.25) is 0 Å². The van der Waals surface area contributed by atoms with Gasteiger partial charge in [0.2, 0.25) is 0 Å². The molecule has 2 rings (SSSR count). The minimum absolute atomic E-state index is 0.0468. The standard InChI is InChI=1S/C14H16O3/c1-9(2)12(15)7-10-8-17-14-11(10)5-4-6-13(14)16-3/h4-6,8-9H,7H2,1-3H3. The van der Waals surface area contributed by atoms with Crippen LogP contribution in [0.15, 0.2) is 28.9 Å². The van der Waals surface area contributed by atoms with Crippen molar-refractivity contribution in [2.75, 3.05) is 7.11 Å². The number of benzene rings is 1. The first kappa shape index (κ1) is 11.7. The van der Waals surface area contributed by atoms with Crippen molar-refractivity contribution in [1.82, 2.24) is 0 Å². The maximum Gasteiger partial charge on any atom is 0.175 e. The zero-order valence-electron chi connectivity index (χ0n) is 10.3. The van der Waals surface area contributed by atoms with E-state index in [9.17, 15) is 4.79 Å². The maximum atomic E-state index is 11.7. The van der Waals surface area contributed by atoms with Crippen molar-refractivity contribution in [1.29, 1.82) is 0 Å². The first-order valence-corrected chi connectivity index (χ1v) is 5.69. The van der Waals surface area contributed by atoms with Gasteiger partial charge in [0.05, 0.1) is 13.4 Å². The molecule has 0 aliphatic heterocycles. The van der Waals surface area contributed by atoms with E-state index in [1.165, 1.54) is 0 Å². The fraction of sp³-hybridized carbons (Fsp3) is 0.357. The summed E-state index contributed by atoms with van der Waals surface area (Å²) in [6.07, 6.45) is 2.06. The number of ketones is 1. The highest BCUT2D eigenvalue weighted by Gasteiger charge is 2.14. The molecule has 0 unspecified atom stereocenters. The molecule has 17 heavy (non-hydrogen) atoms. The van der Waals surface area contributed by atoms with E-state index >= 15 is 0 Å². The van der Waals surface area contributed by atoms with E-state index in [-0.39, 0.29) is 11.7 Å². The van der Waals surface area contributed by atoms with Crippen molar-refractivity contribution >= 4 is 16.8 Å². The first-order valence-electron chi connectivity index (χ1n) is 5.69. The van der Waals surface area contributed by atoms with Gasteiger partial charge in [0, 0.05) is 23.3 Å². The van der Waals surface area contributed by atoms with Crippen LogP contribution in [0.4, 0.5) is 0 Å². The molecule has 0 aliphatic rings. The Kier molecular flexibility index (Phi) is 3.18. The van der Waals surface area contributed by atoms with Crippen LogP contribution in [0, 0.1) is 5.92 Å². The third kappa shape index (κ3) is 2.18. The van der Waals surface area contributed by atoms with Crippen LogP contribution in [0.1, 0.15) is 19.4 Å². The van der Waals surface area contributed by atoms with Gasteiger partial charge in [-0.1, -0.05) is 26.0 Å². The molecule has 3 nitrogen and oxygen atoms in total. The average molecular weight is 232 g/mol. The van der Waals surface area contributed by atoms with Crippen LogP contribution in [0.3, 0.4) is 0 Å². The van der Waals surface area contributed by atoms with Gasteiger partial charge in [-0.15, -0.1) is 0 Å². The van der Waals surface area contributed by atoms with E-state index in [0.717, 1.165) is 10.9 Å². The third-order valence-electron chi connectivity index (χ3n) is 2.87. The second-order valence-corrected chi connectivity index (χ2v) is 4.40. The van der Waals surface area contributed by atoms with Crippen molar-refractivity contribution in [3.63, 3.8) is 0 Å². The largest absolute Gasteiger partial charge is 0.493 e. The Hall–Kier alpha value is -1.77. The third-order valence-corrected chi connectivity index (χ3v) is 2.87. The molecule has 0 saturated carbocycles. The van der Waals surface area contributed by atoms with Crippen molar-refractivity contribution in [3.05, 3.63) is 30.0 Å². The number of para-hydroxylation sites is 1. The molecule has 0 bridgehead atoms. The van der Waals surface area contributed by atoms with E-state index in [1.807, 2.05) is 32.0 Å². The zero-order chi connectivity index (χ0) is 12.4. The van der Waals surface area contributed by atoms with Gasteiger partial charge in [-0.2, -0.15) is 0 Å². The molecule has 2 aromatic rings. The molecule has 1 aromatic carbocycles. The molecule has 0 saturated heterocycles. The average Bonchev–Trinajstić information content (AvgIpc) is 2.72. The van der Waals surface area contributed by atoms with Gasteiger partial charge in [-0.25, -0.2) is 0 Å². The predicted octanol–water partition coefficient (Wildman–Crippen LogP) is 3.21. The number of rotatable bonds is 4. The number of fused-ring (bicyclic) bond motifs is 1. The molecular weight excluding hydrogens is 216 g/mol. The summed E-state index contributed by atoms with van der Waals surface area (Å²) in [5.41, 5.74) is 1.64. The molecule has 0 atom stereocenters. The number of Topliss-reactive ketones (excluding diaryl/α,β-unsaturated/α-hetero) is 1. The van der Waals surface area contributed by atoms with Crippen LogP contribution in [-0.2, 0) is 11.2 Å². The van der Waals surface area contributed by atoms with Gasteiger partial charge < -0.3 is 9.15 Å². The SMILES string of the molecule is COc1cccc2c(CC(=O)C(C)C)coc12. The fourth-order valence-corrected chi connectivity index (χ4v) is 1.77. The summed E-state index contributed by atoms with van der Waals surface area (Å²) in [6, 6.07) is 5.70. The number of hydrogen-bond donors (Lipinski definition) is 0. The molecule has 0 N–H and O–H groups in total. The van der Waals surface area contributed by atoms with Crippen LogP contribution >= 0.6 is 0 Å². The Morgan fingerprint density at radius 2 is 2.18 bits per heavy atom. The number of carbonyl (C=O) groups excluding carboxylic acids is 1. The highest BCUT2D eigenvalue weighted by Crippen LogP contribution is 2.30. The molecule has 0 radical (unpaired) electrons. The minimum atomic E-state index is 0.0468. The summed E-state index contributed by atoms with van der Waals surface area (Å²) in [5, 5.41) is 0.957. The highest BCUT2D eigenvalue weighted by molar-refractivity contribution is 5.91. The Morgan fingerprint density at radius 1 is 1.41 bits per heavy atom. The molecule has 90 valence electrons. The number of methoxy groups -OCH3 is 1. The maximum absolute atomic E-state index is 11.7. The van der Waals surface area contributed by atoms with Crippen molar-refractivity contribution in [3.8, 4) is 5.75 Å². The molecule has 1 aromatic heterocycles. The first-order chi connectivity index (χ1) is 8.13. The number of carbonyl (C=O) groups is 1. The lowest BCUT2D eigenvalue weighted by Crippen LogP contribution is -2.09. The summed E-state index contributed by atoms with van der Waals surface area (Å²) in [4.78, 5) is 11.7. The van der Waals surface area contributed by atoms with Crippen LogP contribution in [0.25, 0.3) is 11.0 Å². The van der Waals surface area contributed by atoms with E-state index in [0.29, 0.717) is 17.8 Å². The highest BCUT2D eigenvalue weighted by atomic mass is 16.5. The number of hydrogen-bond acceptors (Lipinski definition) is 3. The van der Waals surface area contributed by atoms with Gasteiger partial charge in [0.1, 0.15) is 5.78 Å². The van der Waals surface area contributed by atoms with Gasteiger partial charge >= 0.3 is 0 Å². The Morgan fingerprint density at radius 3 is 2.82 bits per heavy atom. The second kappa shape index (κ2) is 4.62. The predicted molar refractivity (Wildman–Crippen MR) is 66.3 cm³/mol. The normalized spacial score (nSPS) is 11.1. The van der Waals surface area contributed by atoms with Gasteiger partial charge in [0.15, 0.2) is 11.3 Å². The monoisotopic (exact) mass is 232 g/mol. The molecule has 0 aliphatic carbocycles. The van der Waals surface area contributed by atoms with Crippen molar-refractivity contribution < 1.29 is 13.9 Å². The Bertz CT molecular complexity index is 537. The molecule has 1 heterocycles. The quantitative estimate of drug-likeness (QED) is 0.812. The van der Waals surface area contributed by atoms with E-state index in [1.54, 1.807) is 13.4 Å². The molecule has 3 heteroatoms. The molecule has 0 fully saturated rings. The second-order valence-electron chi connectivity index (χ2n) is 4.40.